The van der Waals surface area contributed by atoms with Gasteiger partial charge in [-0.2, -0.15) is 4.98 Å². The molecular weight excluding hydrogens is 428 g/mol. The monoisotopic (exact) mass is 448 g/mol. The molecule has 0 saturated heterocycles. The standard InChI is InChI=1S/C28H20N2O4/c1-2-34-24-14-21(29-28(30-24)27-22(32)12-18(31)13-23(27)33)19-10-8-17-7-6-15-4-3-5-16-9-11-20(19)26(17)25(15)16/h3-14,31-33H,2H2,1H3. The molecule has 0 radical (unpaired) electrons. The van der Waals surface area contributed by atoms with Crippen LogP contribution in [0.3, 0.4) is 0 Å². The lowest BCUT2D eigenvalue weighted by atomic mass is 9.91. The van der Waals surface area contributed by atoms with Crippen molar-refractivity contribution in [3.63, 3.8) is 0 Å². The molecule has 5 aromatic carbocycles. The van der Waals surface area contributed by atoms with E-state index in [9.17, 15) is 15.3 Å². The number of rotatable bonds is 4. The van der Waals surface area contributed by atoms with Crippen LogP contribution in [0.25, 0.3) is 55.0 Å². The molecule has 0 fully saturated rings. The molecular formula is C28H20N2O4. The van der Waals surface area contributed by atoms with Crippen LogP contribution in [0, 0.1) is 0 Å². The summed E-state index contributed by atoms with van der Waals surface area (Å²) in [4.78, 5) is 9.09. The highest BCUT2D eigenvalue weighted by Crippen LogP contribution is 2.42. The van der Waals surface area contributed by atoms with Gasteiger partial charge >= 0.3 is 0 Å². The van der Waals surface area contributed by atoms with Crippen molar-refractivity contribution in [3.8, 4) is 45.8 Å². The zero-order valence-corrected chi connectivity index (χ0v) is 18.3. The van der Waals surface area contributed by atoms with E-state index in [1.165, 1.54) is 16.2 Å². The number of benzene rings is 5. The Morgan fingerprint density at radius 1 is 0.735 bits per heavy atom. The summed E-state index contributed by atoms with van der Waals surface area (Å²) in [6.07, 6.45) is 0. The van der Waals surface area contributed by atoms with E-state index in [-0.39, 0.29) is 28.6 Å². The number of phenolic OH excluding ortho intramolecular Hbond substituents is 3. The summed E-state index contributed by atoms with van der Waals surface area (Å²) in [6, 6.07) is 22.9. The Bertz CT molecular complexity index is 1670. The van der Waals surface area contributed by atoms with Crippen LogP contribution in [0.1, 0.15) is 6.92 Å². The molecule has 34 heavy (non-hydrogen) atoms. The Labute approximate surface area is 194 Å². The Morgan fingerprint density at radius 2 is 1.38 bits per heavy atom. The van der Waals surface area contributed by atoms with E-state index in [4.69, 9.17) is 9.72 Å². The molecule has 0 aliphatic rings. The molecule has 0 spiro atoms. The zero-order chi connectivity index (χ0) is 23.4. The largest absolute Gasteiger partial charge is 0.508 e. The van der Waals surface area contributed by atoms with Gasteiger partial charge in [-0.1, -0.05) is 54.6 Å². The smallest absolute Gasteiger partial charge is 0.217 e. The Kier molecular flexibility index (Phi) is 4.42. The van der Waals surface area contributed by atoms with Crippen molar-refractivity contribution < 1.29 is 20.1 Å². The lowest BCUT2D eigenvalue weighted by molar-refractivity contribution is 0.326. The molecule has 1 heterocycles. The predicted molar refractivity (Wildman–Crippen MR) is 133 cm³/mol. The SMILES string of the molecule is CCOc1cc(-c2ccc3ccc4cccc5ccc2c3c45)nc(-c2c(O)cc(O)cc2O)n1. The van der Waals surface area contributed by atoms with Crippen LogP contribution in [0.5, 0.6) is 23.1 Å². The molecule has 0 bridgehead atoms. The number of hydrogen-bond donors (Lipinski definition) is 3. The van der Waals surface area contributed by atoms with Crippen molar-refractivity contribution in [3.05, 3.63) is 72.8 Å². The highest BCUT2D eigenvalue weighted by Gasteiger charge is 2.19. The zero-order valence-electron chi connectivity index (χ0n) is 18.3. The van der Waals surface area contributed by atoms with Crippen molar-refractivity contribution >= 4 is 32.3 Å². The van der Waals surface area contributed by atoms with Gasteiger partial charge < -0.3 is 20.1 Å². The molecule has 6 aromatic rings. The summed E-state index contributed by atoms with van der Waals surface area (Å²) < 4.78 is 5.70. The molecule has 0 atom stereocenters. The number of hydrogen-bond acceptors (Lipinski definition) is 6. The average Bonchev–Trinajstić information content (AvgIpc) is 2.82. The fourth-order valence-electron chi connectivity index (χ4n) is 4.68. The highest BCUT2D eigenvalue weighted by atomic mass is 16.5. The van der Waals surface area contributed by atoms with Crippen LogP contribution in [-0.4, -0.2) is 31.9 Å². The summed E-state index contributed by atoms with van der Waals surface area (Å²) >= 11 is 0. The Morgan fingerprint density at radius 3 is 2.09 bits per heavy atom. The molecule has 0 saturated carbocycles. The van der Waals surface area contributed by atoms with E-state index in [0.717, 1.165) is 33.9 Å². The van der Waals surface area contributed by atoms with E-state index in [2.05, 4.69) is 53.5 Å². The number of aromatic nitrogens is 2. The summed E-state index contributed by atoms with van der Waals surface area (Å²) in [5.41, 5.74) is 1.50. The summed E-state index contributed by atoms with van der Waals surface area (Å²) in [7, 11) is 0. The summed E-state index contributed by atoms with van der Waals surface area (Å²) in [6.45, 7) is 2.25. The van der Waals surface area contributed by atoms with Gasteiger partial charge in [-0.3, -0.25) is 0 Å². The second-order valence-electron chi connectivity index (χ2n) is 8.18. The molecule has 0 aliphatic heterocycles. The molecule has 0 unspecified atom stereocenters. The van der Waals surface area contributed by atoms with Crippen LogP contribution in [-0.2, 0) is 0 Å². The van der Waals surface area contributed by atoms with Gasteiger partial charge in [0.25, 0.3) is 0 Å². The van der Waals surface area contributed by atoms with Crippen LogP contribution < -0.4 is 4.74 Å². The van der Waals surface area contributed by atoms with Crippen molar-refractivity contribution in [1.82, 2.24) is 9.97 Å². The van der Waals surface area contributed by atoms with E-state index in [1.807, 2.05) is 13.0 Å². The maximum atomic E-state index is 10.4. The molecule has 3 N–H and O–H groups in total. The minimum Gasteiger partial charge on any atom is -0.508 e. The molecule has 6 nitrogen and oxygen atoms in total. The van der Waals surface area contributed by atoms with Gasteiger partial charge in [0.2, 0.25) is 5.88 Å². The maximum Gasteiger partial charge on any atom is 0.217 e. The third kappa shape index (κ3) is 3.03. The second kappa shape index (κ2) is 7.49. The first-order chi connectivity index (χ1) is 16.5. The quantitative estimate of drug-likeness (QED) is 0.277. The minimum atomic E-state index is -0.326. The first kappa shape index (κ1) is 20.1. The molecule has 6 heteroatoms. The van der Waals surface area contributed by atoms with Crippen LogP contribution in [0.2, 0.25) is 0 Å². The van der Waals surface area contributed by atoms with Gasteiger partial charge in [-0.25, -0.2) is 4.98 Å². The first-order valence-corrected chi connectivity index (χ1v) is 11.0. The van der Waals surface area contributed by atoms with Gasteiger partial charge in [0, 0.05) is 23.8 Å². The number of aromatic hydroxyl groups is 3. The Balaban J connectivity index is 1.65. The third-order valence-electron chi connectivity index (χ3n) is 6.10. The van der Waals surface area contributed by atoms with E-state index >= 15 is 0 Å². The van der Waals surface area contributed by atoms with E-state index in [0.29, 0.717) is 18.2 Å². The predicted octanol–water partition coefficient (Wildman–Crippen LogP) is 6.22. The Hall–Kier alpha value is -4.58. The molecule has 1 aromatic heterocycles. The fraction of sp³-hybridized carbons (Fsp3) is 0.0714. The lowest BCUT2D eigenvalue weighted by Gasteiger charge is -2.15. The molecule has 0 aliphatic carbocycles. The summed E-state index contributed by atoms with van der Waals surface area (Å²) in [5.74, 6) is -0.492. The van der Waals surface area contributed by atoms with Gasteiger partial charge in [-0.05, 0) is 39.2 Å². The normalized spacial score (nSPS) is 11.6. The third-order valence-corrected chi connectivity index (χ3v) is 6.10. The van der Waals surface area contributed by atoms with Gasteiger partial charge in [0.1, 0.15) is 22.8 Å². The van der Waals surface area contributed by atoms with E-state index < -0.39 is 0 Å². The molecule has 0 amide bonds. The number of nitrogens with zero attached hydrogens (tertiary/aromatic N) is 2. The van der Waals surface area contributed by atoms with Gasteiger partial charge in [-0.15, -0.1) is 0 Å². The van der Waals surface area contributed by atoms with Gasteiger partial charge in [0.05, 0.1) is 12.3 Å². The minimum absolute atomic E-state index is 0.0262. The topological polar surface area (TPSA) is 95.7 Å². The molecule has 6 rings (SSSR count). The van der Waals surface area contributed by atoms with Crippen molar-refractivity contribution in [2.45, 2.75) is 6.92 Å². The highest BCUT2D eigenvalue weighted by molar-refractivity contribution is 6.25. The second-order valence-corrected chi connectivity index (χ2v) is 8.18. The number of ether oxygens (including phenoxy) is 1. The fourth-order valence-corrected chi connectivity index (χ4v) is 4.68. The first-order valence-electron chi connectivity index (χ1n) is 11.0. The van der Waals surface area contributed by atoms with Crippen LogP contribution in [0.15, 0.2) is 72.8 Å². The number of phenols is 3. The maximum absolute atomic E-state index is 10.4. The van der Waals surface area contributed by atoms with Crippen molar-refractivity contribution in [2.24, 2.45) is 0 Å². The van der Waals surface area contributed by atoms with Gasteiger partial charge in [0.15, 0.2) is 5.82 Å². The average molecular weight is 448 g/mol. The van der Waals surface area contributed by atoms with Crippen LogP contribution >= 0.6 is 0 Å². The molecule has 166 valence electrons. The summed E-state index contributed by atoms with van der Waals surface area (Å²) in [5, 5.41) is 37.4. The van der Waals surface area contributed by atoms with Crippen LogP contribution in [0.4, 0.5) is 0 Å². The van der Waals surface area contributed by atoms with E-state index in [1.54, 1.807) is 6.07 Å². The van der Waals surface area contributed by atoms with Crippen molar-refractivity contribution in [1.29, 1.82) is 0 Å². The lowest BCUT2D eigenvalue weighted by Crippen LogP contribution is -2.00. The van der Waals surface area contributed by atoms with Crippen molar-refractivity contribution in [2.75, 3.05) is 6.61 Å².